The molecule has 17 heavy (non-hydrogen) atoms. The third-order valence-corrected chi connectivity index (χ3v) is 4.64. The van der Waals surface area contributed by atoms with E-state index in [1.165, 1.54) is 0 Å². The molecule has 0 saturated heterocycles. The minimum Gasteiger partial charge on any atom is -0.353 e. The minimum absolute atomic E-state index is 0.00385. The van der Waals surface area contributed by atoms with Crippen molar-refractivity contribution >= 4 is 15.9 Å². The summed E-state index contributed by atoms with van der Waals surface area (Å²) in [6, 6.07) is -0.00385. The maximum atomic E-state index is 12.0. The first kappa shape index (κ1) is 16.3. The standard InChI is InChI=1S/C10H23N3O3S/c1-5-13(7-10(14)12-8(2)3)17(15,16)9(4)6-11/h8-9H,5-7,11H2,1-4H3,(H,12,14). The van der Waals surface area contributed by atoms with Crippen LogP contribution in [0.5, 0.6) is 0 Å². The lowest BCUT2D eigenvalue weighted by molar-refractivity contribution is -0.121. The number of hydrogen-bond donors (Lipinski definition) is 2. The quantitative estimate of drug-likeness (QED) is 0.649. The lowest BCUT2D eigenvalue weighted by Gasteiger charge is -2.23. The maximum Gasteiger partial charge on any atom is 0.235 e. The predicted octanol–water partition coefficient (Wildman–Crippen LogP) is -0.490. The van der Waals surface area contributed by atoms with Gasteiger partial charge in [-0.15, -0.1) is 0 Å². The second-order valence-corrected chi connectivity index (χ2v) is 6.59. The highest BCUT2D eigenvalue weighted by atomic mass is 32.2. The number of rotatable bonds is 7. The predicted molar refractivity (Wildman–Crippen MR) is 68.0 cm³/mol. The molecule has 0 bridgehead atoms. The molecule has 102 valence electrons. The van der Waals surface area contributed by atoms with Gasteiger partial charge in [-0.1, -0.05) is 6.92 Å². The first-order valence-electron chi connectivity index (χ1n) is 5.74. The molecule has 0 aliphatic rings. The van der Waals surface area contributed by atoms with Gasteiger partial charge in [0.1, 0.15) is 0 Å². The molecular weight excluding hydrogens is 242 g/mol. The monoisotopic (exact) mass is 265 g/mol. The fourth-order valence-electron chi connectivity index (χ4n) is 1.29. The lowest BCUT2D eigenvalue weighted by Crippen LogP contribution is -2.46. The fourth-order valence-corrected chi connectivity index (χ4v) is 2.69. The number of amides is 1. The molecule has 1 unspecified atom stereocenters. The Labute approximate surface area is 104 Å². The highest BCUT2D eigenvalue weighted by molar-refractivity contribution is 7.89. The number of likely N-dealkylation sites (N-methyl/N-ethyl adjacent to an activating group) is 1. The summed E-state index contributed by atoms with van der Waals surface area (Å²) in [6.07, 6.45) is 0. The smallest absolute Gasteiger partial charge is 0.235 e. The van der Waals surface area contributed by atoms with Crippen molar-refractivity contribution < 1.29 is 13.2 Å². The van der Waals surface area contributed by atoms with E-state index in [-0.39, 0.29) is 31.6 Å². The summed E-state index contributed by atoms with van der Waals surface area (Å²) in [7, 11) is -3.48. The Morgan fingerprint density at radius 3 is 2.24 bits per heavy atom. The van der Waals surface area contributed by atoms with Crippen LogP contribution in [-0.2, 0) is 14.8 Å². The average molecular weight is 265 g/mol. The van der Waals surface area contributed by atoms with E-state index in [0.29, 0.717) is 0 Å². The number of sulfonamides is 1. The largest absolute Gasteiger partial charge is 0.353 e. The summed E-state index contributed by atoms with van der Waals surface area (Å²) >= 11 is 0. The van der Waals surface area contributed by atoms with Gasteiger partial charge in [0, 0.05) is 19.1 Å². The van der Waals surface area contributed by atoms with E-state index in [1.807, 2.05) is 13.8 Å². The van der Waals surface area contributed by atoms with Crippen molar-refractivity contribution in [3.8, 4) is 0 Å². The van der Waals surface area contributed by atoms with Crippen molar-refractivity contribution in [1.82, 2.24) is 9.62 Å². The van der Waals surface area contributed by atoms with Crippen LogP contribution >= 0.6 is 0 Å². The van der Waals surface area contributed by atoms with Gasteiger partial charge in [0.05, 0.1) is 11.8 Å². The molecule has 0 aliphatic carbocycles. The summed E-state index contributed by atoms with van der Waals surface area (Å²) in [6.45, 7) is 7.04. The third-order valence-electron chi connectivity index (χ3n) is 2.32. The van der Waals surface area contributed by atoms with Crippen LogP contribution < -0.4 is 11.1 Å². The van der Waals surface area contributed by atoms with Crippen LogP contribution in [0.1, 0.15) is 27.7 Å². The Morgan fingerprint density at radius 2 is 1.88 bits per heavy atom. The zero-order valence-electron chi connectivity index (χ0n) is 10.9. The van der Waals surface area contributed by atoms with E-state index in [9.17, 15) is 13.2 Å². The third kappa shape index (κ3) is 5.01. The summed E-state index contributed by atoms with van der Waals surface area (Å²) in [5.41, 5.74) is 5.36. The lowest BCUT2D eigenvalue weighted by atomic mass is 10.4. The zero-order valence-corrected chi connectivity index (χ0v) is 11.8. The molecule has 1 amide bonds. The molecule has 1 atom stereocenters. The van der Waals surface area contributed by atoms with Gasteiger partial charge in [0.15, 0.2) is 0 Å². The fraction of sp³-hybridized carbons (Fsp3) is 0.900. The highest BCUT2D eigenvalue weighted by Crippen LogP contribution is 2.07. The van der Waals surface area contributed by atoms with E-state index in [0.717, 1.165) is 4.31 Å². The molecule has 0 fully saturated rings. The van der Waals surface area contributed by atoms with Crippen LogP contribution in [0.2, 0.25) is 0 Å². The van der Waals surface area contributed by atoms with Crippen molar-refractivity contribution in [2.75, 3.05) is 19.6 Å². The van der Waals surface area contributed by atoms with Crippen molar-refractivity contribution in [3.05, 3.63) is 0 Å². The molecule has 0 aromatic heterocycles. The highest BCUT2D eigenvalue weighted by Gasteiger charge is 2.28. The van der Waals surface area contributed by atoms with Gasteiger partial charge >= 0.3 is 0 Å². The van der Waals surface area contributed by atoms with E-state index in [4.69, 9.17) is 5.73 Å². The minimum atomic E-state index is -3.48. The van der Waals surface area contributed by atoms with Gasteiger partial charge in [-0.05, 0) is 20.8 Å². The Balaban J connectivity index is 4.69. The van der Waals surface area contributed by atoms with Crippen LogP contribution in [-0.4, -0.2) is 49.6 Å². The number of carbonyl (C=O) groups is 1. The zero-order chi connectivity index (χ0) is 13.6. The van der Waals surface area contributed by atoms with Crippen LogP contribution in [0.25, 0.3) is 0 Å². The van der Waals surface area contributed by atoms with E-state index < -0.39 is 15.3 Å². The van der Waals surface area contributed by atoms with Crippen LogP contribution in [0.4, 0.5) is 0 Å². The second-order valence-electron chi connectivity index (χ2n) is 4.24. The Kier molecular flexibility index (Phi) is 6.66. The molecule has 0 rings (SSSR count). The molecule has 0 heterocycles. The van der Waals surface area contributed by atoms with Crippen molar-refractivity contribution in [1.29, 1.82) is 0 Å². The molecule has 0 saturated carbocycles. The first-order valence-corrected chi connectivity index (χ1v) is 7.24. The van der Waals surface area contributed by atoms with Crippen molar-refractivity contribution in [2.45, 2.75) is 39.0 Å². The van der Waals surface area contributed by atoms with Gasteiger partial charge in [-0.3, -0.25) is 4.79 Å². The summed E-state index contributed by atoms with van der Waals surface area (Å²) in [4.78, 5) is 11.5. The van der Waals surface area contributed by atoms with E-state index >= 15 is 0 Å². The van der Waals surface area contributed by atoms with Crippen molar-refractivity contribution in [2.24, 2.45) is 5.73 Å². The van der Waals surface area contributed by atoms with Gasteiger partial charge < -0.3 is 11.1 Å². The normalized spacial score (nSPS) is 14.1. The molecule has 0 aromatic rings. The first-order chi connectivity index (χ1) is 7.75. The van der Waals surface area contributed by atoms with Gasteiger partial charge in [-0.2, -0.15) is 4.31 Å². The molecular formula is C10H23N3O3S. The molecule has 0 aromatic carbocycles. The van der Waals surface area contributed by atoms with Crippen LogP contribution in [0.3, 0.4) is 0 Å². The summed E-state index contributed by atoms with van der Waals surface area (Å²) in [5, 5.41) is 1.99. The average Bonchev–Trinajstić information content (AvgIpc) is 2.23. The van der Waals surface area contributed by atoms with E-state index in [2.05, 4.69) is 5.32 Å². The maximum absolute atomic E-state index is 12.0. The number of nitrogens with one attached hydrogen (secondary N) is 1. The molecule has 0 radical (unpaired) electrons. The Hall–Kier alpha value is -0.660. The topological polar surface area (TPSA) is 92.5 Å². The summed E-state index contributed by atoms with van der Waals surface area (Å²) in [5.74, 6) is -0.297. The molecule has 6 nitrogen and oxygen atoms in total. The van der Waals surface area contributed by atoms with Gasteiger partial charge in [0.25, 0.3) is 0 Å². The van der Waals surface area contributed by atoms with Crippen LogP contribution in [0.15, 0.2) is 0 Å². The van der Waals surface area contributed by atoms with Crippen molar-refractivity contribution in [3.63, 3.8) is 0 Å². The SMILES string of the molecule is CCN(CC(=O)NC(C)C)S(=O)(=O)C(C)CN. The molecule has 3 N–H and O–H groups in total. The van der Waals surface area contributed by atoms with Gasteiger partial charge in [-0.25, -0.2) is 8.42 Å². The van der Waals surface area contributed by atoms with Crippen LogP contribution in [0, 0.1) is 0 Å². The number of nitrogens with zero attached hydrogens (tertiary/aromatic N) is 1. The molecule has 0 spiro atoms. The number of hydrogen-bond acceptors (Lipinski definition) is 4. The number of nitrogens with two attached hydrogens (primary N) is 1. The van der Waals surface area contributed by atoms with Gasteiger partial charge in [0.2, 0.25) is 15.9 Å². The van der Waals surface area contributed by atoms with E-state index in [1.54, 1.807) is 13.8 Å². The Bertz CT molecular complexity index is 341. The second kappa shape index (κ2) is 6.93. The Morgan fingerprint density at radius 1 is 1.35 bits per heavy atom. The molecule has 7 heteroatoms. The molecule has 0 aliphatic heterocycles. The number of carbonyl (C=O) groups excluding carboxylic acids is 1. The summed E-state index contributed by atoms with van der Waals surface area (Å²) < 4.78 is 25.1.